The van der Waals surface area contributed by atoms with Gasteiger partial charge in [-0.2, -0.15) is 5.10 Å². The van der Waals surface area contributed by atoms with Crippen molar-refractivity contribution in [2.45, 2.75) is 19.9 Å². The smallest absolute Gasteiger partial charge is 0.269 e. The first-order chi connectivity index (χ1) is 9.11. The number of nitrogens with zero attached hydrogens (tertiary/aromatic N) is 3. The first-order valence-corrected chi connectivity index (χ1v) is 6.17. The topological polar surface area (TPSA) is 85.8 Å². The molecule has 6 nitrogen and oxygen atoms in total. The Hall–Kier alpha value is -2.21. The van der Waals surface area contributed by atoms with E-state index in [0.717, 1.165) is 17.9 Å². The summed E-state index contributed by atoms with van der Waals surface area (Å²) in [5, 5.41) is 7.37. The molecule has 100 valence electrons. The molecule has 6 heteroatoms. The van der Waals surface area contributed by atoms with Crippen LogP contribution < -0.4 is 11.1 Å². The molecule has 1 atom stereocenters. The maximum atomic E-state index is 11.0. The van der Waals surface area contributed by atoms with Crippen LogP contribution in [0.15, 0.2) is 30.6 Å². The Bertz CT molecular complexity index is 561. The fourth-order valence-corrected chi connectivity index (χ4v) is 1.80. The number of rotatable bonds is 5. The van der Waals surface area contributed by atoms with Gasteiger partial charge in [0.05, 0.1) is 17.6 Å². The van der Waals surface area contributed by atoms with Crippen LogP contribution in [0.1, 0.15) is 36.1 Å². The van der Waals surface area contributed by atoms with Crippen molar-refractivity contribution in [1.29, 1.82) is 0 Å². The Balaban J connectivity index is 2.19. The van der Waals surface area contributed by atoms with E-state index < -0.39 is 5.91 Å². The van der Waals surface area contributed by atoms with E-state index in [2.05, 4.69) is 29.2 Å². The van der Waals surface area contributed by atoms with Crippen molar-refractivity contribution >= 4 is 5.91 Å². The third kappa shape index (κ3) is 2.97. The molecule has 0 fully saturated rings. The average molecular weight is 259 g/mol. The Kier molecular flexibility index (Phi) is 3.91. The summed E-state index contributed by atoms with van der Waals surface area (Å²) in [6.07, 6.45) is 3.41. The number of carbonyl (C=O) groups is 1. The maximum Gasteiger partial charge on any atom is 0.269 e. The molecule has 0 saturated heterocycles. The number of primary amides is 1. The standard InChI is InChI=1S/C13H17N5O/c1-3-15-9(2)11-5-4-10(8-16-11)18-7-6-12(17-18)13(14)19/h4-9,15H,3H2,1-2H3,(H2,14,19). The number of hydrogen-bond acceptors (Lipinski definition) is 4. The monoisotopic (exact) mass is 259 g/mol. The molecule has 2 aromatic rings. The predicted octanol–water partition coefficient (Wildman–Crippen LogP) is 1.04. The lowest BCUT2D eigenvalue weighted by Crippen LogP contribution is -2.18. The second-order valence-corrected chi connectivity index (χ2v) is 4.23. The van der Waals surface area contributed by atoms with Gasteiger partial charge in [0, 0.05) is 12.2 Å². The molecule has 0 spiro atoms. The summed E-state index contributed by atoms with van der Waals surface area (Å²) in [6.45, 7) is 5.01. The molecule has 0 saturated carbocycles. The van der Waals surface area contributed by atoms with E-state index in [-0.39, 0.29) is 11.7 Å². The van der Waals surface area contributed by atoms with Crippen molar-refractivity contribution in [2.24, 2.45) is 5.73 Å². The number of aromatic nitrogens is 3. The molecule has 2 rings (SSSR count). The summed E-state index contributed by atoms with van der Waals surface area (Å²) in [5.41, 5.74) is 7.16. The molecule has 0 aromatic carbocycles. The summed E-state index contributed by atoms with van der Waals surface area (Å²) >= 11 is 0. The molecule has 1 unspecified atom stereocenters. The molecular formula is C13H17N5O. The van der Waals surface area contributed by atoms with Crippen LogP contribution in [0.3, 0.4) is 0 Å². The van der Waals surface area contributed by atoms with Gasteiger partial charge in [0.1, 0.15) is 5.69 Å². The number of nitrogens with two attached hydrogens (primary N) is 1. The Morgan fingerprint density at radius 2 is 2.26 bits per heavy atom. The summed E-state index contributed by atoms with van der Waals surface area (Å²) < 4.78 is 1.58. The van der Waals surface area contributed by atoms with E-state index in [1.807, 2.05) is 12.1 Å². The number of amides is 1. The summed E-state index contributed by atoms with van der Waals surface area (Å²) in [4.78, 5) is 15.4. The Morgan fingerprint density at radius 1 is 1.47 bits per heavy atom. The van der Waals surface area contributed by atoms with Gasteiger partial charge in [0.25, 0.3) is 5.91 Å². The fourth-order valence-electron chi connectivity index (χ4n) is 1.80. The fraction of sp³-hybridized carbons (Fsp3) is 0.308. The van der Waals surface area contributed by atoms with E-state index in [9.17, 15) is 4.79 Å². The van der Waals surface area contributed by atoms with Crippen LogP contribution in [0, 0.1) is 0 Å². The largest absolute Gasteiger partial charge is 0.364 e. The second-order valence-electron chi connectivity index (χ2n) is 4.23. The Labute approximate surface area is 111 Å². The van der Waals surface area contributed by atoms with Crippen molar-refractivity contribution in [3.63, 3.8) is 0 Å². The van der Waals surface area contributed by atoms with Gasteiger partial charge in [0.15, 0.2) is 0 Å². The minimum atomic E-state index is -0.538. The molecule has 0 radical (unpaired) electrons. The molecule has 2 aromatic heterocycles. The first kappa shape index (κ1) is 13.2. The third-order valence-corrected chi connectivity index (χ3v) is 2.83. The number of pyridine rings is 1. The highest BCUT2D eigenvalue weighted by molar-refractivity contribution is 5.90. The highest BCUT2D eigenvalue weighted by Crippen LogP contribution is 2.12. The number of carbonyl (C=O) groups excluding carboxylic acids is 1. The maximum absolute atomic E-state index is 11.0. The van der Waals surface area contributed by atoms with Crippen LogP contribution in [-0.2, 0) is 0 Å². The summed E-state index contributed by atoms with van der Waals surface area (Å²) in [5.74, 6) is -0.538. The highest BCUT2D eigenvalue weighted by atomic mass is 16.1. The molecule has 0 aliphatic carbocycles. The highest BCUT2D eigenvalue weighted by Gasteiger charge is 2.08. The van der Waals surface area contributed by atoms with Crippen molar-refractivity contribution in [1.82, 2.24) is 20.1 Å². The molecule has 1 amide bonds. The van der Waals surface area contributed by atoms with Crippen molar-refractivity contribution in [3.8, 4) is 5.69 Å². The SMILES string of the molecule is CCNC(C)c1ccc(-n2ccc(C(N)=O)n2)cn1. The van der Waals surface area contributed by atoms with Crippen LogP contribution in [-0.4, -0.2) is 27.2 Å². The zero-order valence-electron chi connectivity index (χ0n) is 11.0. The van der Waals surface area contributed by atoms with Crippen LogP contribution in [0.4, 0.5) is 0 Å². The summed E-state index contributed by atoms with van der Waals surface area (Å²) in [6, 6.07) is 5.64. The van der Waals surface area contributed by atoms with E-state index >= 15 is 0 Å². The van der Waals surface area contributed by atoms with Gasteiger partial charge in [-0.1, -0.05) is 6.92 Å². The zero-order chi connectivity index (χ0) is 13.8. The quantitative estimate of drug-likeness (QED) is 0.840. The second kappa shape index (κ2) is 5.62. The molecule has 3 N–H and O–H groups in total. The lowest BCUT2D eigenvalue weighted by molar-refractivity contribution is 0.0995. The van der Waals surface area contributed by atoms with E-state index in [0.29, 0.717) is 0 Å². The van der Waals surface area contributed by atoms with Crippen molar-refractivity contribution in [2.75, 3.05) is 6.54 Å². The molecular weight excluding hydrogens is 242 g/mol. The third-order valence-electron chi connectivity index (χ3n) is 2.83. The predicted molar refractivity (Wildman–Crippen MR) is 72.0 cm³/mol. The van der Waals surface area contributed by atoms with Crippen LogP contribution in [0.25, 0.3) is 5.69 Å². The van der Waals surface area contributed by atoms with Gasteiger partial charge in [0.2, 0.25) is 0 Å². The number of nitrogens with one attached hydrogen (secondary N) is 1. The van der Waals surface area contributed by atoms with Gasteiger partial charge in [-0.25, -0.2) is 4.68 Å². The summed E-state index contributed by atoms with van der Waals surface area (Å²) in [7, 11) is 0. The number of hydrogen-bond donors (Lipinski definition) is 2. The van der Waals surface area contributed by atoms with Gasteiger partial charge in [-0.15, -0.1) is 0 Å². The van der Waals surface area contributed by atoms with Gasteiger partial charge in [-0.3, -0.25) is 9.78 Å². The van der Waals surface area contributed by atoms with E-state index in [4.69, 9.17) is 5.73 Å². The van der Waals surface area contributed by atoms with E-state index in [1.54, 1.807) is 23.1 Å². The van der Waals surface area contributed by atoms with Gasteiger partial charge < -0.3 is 11.1 Å². The van der Waals surface area contributed by atoms with Crippen LogP contribution >= 0.6 is 0 Å². The lowest BCUT2D eigenvalue weighted by atomic mass is 10.2. The molecule has 0 bridgehead atoms. The van der Waals surface area contributed by atoms with Crippen LogP contribution in [0.2, 0.25) is 0 Å². The lowest BCUT2D eigenvalue weighted by Gasteiger charge is -2.11. The average Bonchev–Trinajstić information content (AvgIpc) is 2.89. The Morgan fingerprint density at radius 3 is 2.79 bits per heavy atom. The molecule has 19 heavy (non-hydrogen) atoms. The van der Waals surface area contributed by atoms with Crippen LogP contribution in [0.5, 0.6) is 0 Å². The minimum Gasteiger partial charge on any atom is -0.364 e. The molecule has 0 aliphatic heterocycles. The molecule has 0 aliphatic rings. The molecule has 2 heterocycles. The minimum absolute atomic E-state index is 0.206. The van der Waals surface area contributed by atoms with E-state index in [1.165, 1.54) is 0 Å². The first-order valence-electron chi connectivity index (χ1n) is 6.17. The van der Waals surface area contributed by atoms with Gasteiger partial charge >= 0.3 is 0 Å². The van der Waals surface area contributed by atoms with Crippen molar-refractivity contribution < 1.29 is 4.79 Å². The van der Waals surface area contributed by atoms with Gasteiger partial charge in [-0.05, 0) is 31.7 Å². The normalized spacial score (nSPS) is 12.3. The van der Waals surface area contributed by atoms with Crippen molar-refractivity contribution in [3.05, 3.63) is 42.0 Å². The zero-order valence-corrected chi connectivity index (χ0v) is 11.0.